The Bertz CT molecular complexity index is 999. The molecule has 1 saturated heterocycles. The Morgan fingerprint density at radius 3 is 2.17 bits per heavy atom. The molecule has 0 unspecified atom stereocenters. The van der Waals surface area contributed by atoms with Crippen molar-refractivity contribution >= 4 is 11.8 Å². The van der Waals surface area contributed by atoms with Gasteiger partial charge in [0.25, 0.3) is 5.91 Å². The standard InChI is InChI=1S/C26H25NO3/c1-30-22-17-15-20(16-18-22)24-23(14-8-11-19-9-4-2-5-10-19)26(29)27(24)25(28)21-12-6-3-7-13-21/h2-7,9-10,12-13,15-18,23-24H,8,11,14H2,1H3/t23-,24-/m1/s1. The zero-order valence-electron chi connectivity index (χ0n) is 17.0. The van der Waals surface area contributed by atoms with Crippen molar-refractivity contribution in [3.05, 3.63) is 102 Å². The molecule has 0 aromatic heterocycles. The maximum Gasteiger partial charge on any atom is 0.261 e. The number of carbonyl (C=O) groups excluding carboxylic acids is 2. The first-order valence-corrected chi connectivity index (χ1v) is 10.3. The number of hydrogen-bond donors (Lipinski definition) is 0. The van der Waals surface area contributed by atoms with E-state index in [1.54, 1.807) is 19.2 Å². The molecule has 30 heavy (non-hydrogen) atoms. The second-order valence-corrected chi connectivity index (χ2v) is 7.58. The van der Waals surface area contributed by atoms with E-state index >= 15 is 0 Å². The highest BCUT2D eigenvalue weighted by Gasteiger charge is 2.50. The van der Waals surface area contributed by atoms with Crippen LogP contribution in [0.25, 0.3) is 0 Å². The molecule has 2 atom stereocenters. The van der Waals surface area contributed by atoms with Gasteiger partial charge in [0.15, 0.2) is 0 Å². The number of benzene rings is 3. The van der Waals surface area contributed by atoms with Crippen LogP contribution in [0.4, 0.5) is 0 Å². The fourth-order valence-electron chi connectivity index (χ4n) is 4.13. The van der Waals surface area contributed by atoms with E-state index in [1.807, 2.05) is 60.7 Å². The van der Waals surface area contributed by atoms with Gasteiger partial charge in [-0.25, -0.2) is 0 Å². The Morgan fingerprint density at radius 2 is 1.53 bits per heavy atom. The molecule has 0 N–H and O–H groups in total. The number of likely N-dealkylation sites (tertiary alicyclic amines) is 1. The molecule has 2 amide bonds. The van der Waals surface area contributed by atoms with Crippen LogP contribution in [0.15, 0.2) is 84.9 Å². The van der Waals surface area contributed by atoms with Gasteiger partial charge in [-0.1, -0.05) is 60.7 Å². The second kappa shape index (κ2) is 8.95. The predicted octanol–water partition coefficient (Wildman–Crippen LogP) is 5.06. The molecule has 1 fully saturated rings. The first-order valence-electron chi connectivity index (χ1n) is 10.3. The Balaban J connectivity index is 1.54. The van der Waals surface area contributed by atoms with Crippen LogP contribution in [-0.4, -0.2) is 23.8 Å². The van der Waals surface area contributed by atoms with E-state index < -0.39 is 0 Å². The summed E-state index contributed by atoms with van der Waals surface area (Å²) in [5.74, 6) is 0.249. The van der Waals surface area contributed by atoms with Gasteiger partial charge in [-0.2, -0.15) is 0 Å². The summed E-state index contributed by atoms with van der Waals surface area (Å²) in [7, 11) is 1.62. The Morgan fingerprint density at radius 1 is 0.900 bits per heavy atom. The van der Waals surface area contributed by atoms with E-state index in [-0.39, 0.29) is 23.8 Å². The Labute approximate surface area is 177 Å². The number of amides is 2. The molecular weight excluding hydrogens is 374 g/mol. The van der Waals surface area contributed by atoms with Crippen LogP contribution in [0, 0.1) is 5.92 Å². The quantitative estimate of drug-likeness (QED) is 0.412. The predicted molar refractivity (Wildman–Crippen MR) is 116 cm³/mol. The topological polar surface area (TPSA) is 46.6 Å². The molecule has 1 aliphatic heterocycles. The third-order valence-electron chi connectivity index (χ3n) is 5.73. The maximum atomic E-state index is 13.1. The van der Waals surface area contributed by atoms with Crippen LogP contribution in [0.5, 0.6) is 5.75 Å². The van der Waals surface area contributed by atoms with Crippen LogP contribution in [0.1, 0.15) is 40.4 Å². The van der Waals surface area contributed by atoms with Crippen molar-refractivity contribution in [2.45, 2.75) is 25.3 Å². The molecule has 0 radical (unpaired) electrons. The fourth-order valence-corrected chi connectivity index (χ4v) is 4.13. The van der Waals surface area contributed by atoms with Gasteiger partial charge in [-0.05, 0) is 54.7 Å². The molecular formula is C26H25NO3. The number of ether oxygens (including phenoxy) is 1. The lowest BCUT2D eigenvalue weighted by atomic mass is 9.78. The summed E-state index contributed by atoms with van der Waals surface area (Å²) in [6.45, 7) is 0. The van der Waals surface area contributed by atoms with Crippen LogP contribution >= 0.6 is 0 Å². The van der Waals surface area contributed by atoms with Crippen molar-refractivity contribution in [1.82, 2.24) is 4.90 Å². The van der Waals surface area contributed by atoms with Crippen molar-refractivity contribution in [1.29, 1.82) is 0 Å². The van der Waals surface area contributed by atoms with E-state index in [0.717, 1.165) is 30.6 Å². The summed E-state index contributed by atoms with van der Waals surface area (Å²) in [4.78, 5) is 27.5. The van der Waals surface area contributed by atoms with Crippen molar-refractivity contribution in [2.24, 2.45) is 5.92 Å². The van der Waals surface area contributed by atoms with E-state index in [1.165, 1.54) is 10.5 Å². The van der Waals surface area contributed by atoms with Crippen LogP contribution in [0.2, 0.25) is 0 Å². The lowest BCUT2D eigenvalue weighted by Crippen LogP contribution is -2.57. The monoisotopic (exact) mass is 399 g/mol. The molecule has 4 rings (SSSR count). The lowest BCUT2D eigenvalue weighted by molar-refractivity contribution is -0.151. The number of β-lactam (4-membered cyclic amide) rings is 1. The van der Waals surface area contributed by atoms with Crippen LogP contribution in [-0.2, 0) is 11.2 Å². The average molecular weight is 399 g/mol. The maximum absolute atomic E-state index is 13.1. The highest BCUT2D eigenvalue weighted by molar-refractivity contribution is 6.09. The smallest absolute Gasteiger partial charge is 0.261 e. The first kappa shape index (κ1) is 19.9. The normalized spacial score (nSPS) is 18.0. The molecule has 0 spiro atoms. The largest absolute Gasteiger partial charge is 0.497 e. The number of rotatable bonds is 7. The van der Waals surface area contributed by atoms with Gasteiger partial charge >= 0.3 is 0 Å². The minimum Gasteiger partial charge on any atom is -0.497 e. The van der Waals surface area contributed by atoms with Gasteiger partial charge in [0.1, 0.15) is 5.75 Å². The van der Waals surface area contributed by atoms with E-state index in [0.29, 0.717) is 5.56 Å². The molecule has 4 nitrogen and oxygen atoms in total. The van der Waals surface area contributed by atoms with Gasteiger partial charge in [0.2, 0.25) is 5.91 Å². The number of nitrogens with zero attached hydrogens (tertiary/aromatic N) is 1. The van der Waals surface area contributed by atoms with E-state index in [4.69, 9.17) is 4.74 Å². The van der Waals surface area contributed by atoms with E-state index in [2.05, 4.69) is 12.1 Å². The number of aryl methyl sites for hydroxylation is 1. The summed E-state index contributed by atoms with van der Waals surface area (Å²) < 4.78 is 5.26. The summed E-state index contributed by atoms with van der Waals surface area (Å²) in [6.07, 6.45) is 2.58. The van der Waals surface area contributed by atoms with Crippen molar-refractivity contribution < 1.29 is 14.3 Å². The van der Waals surface area contributed by atoms with E-state index in [9.17, 15) is 9.59 Å². The molecule has 0 bridgehead atoms. The molecule has 1 heterocycles. The molecule has 3 aromatic rings. The Hall–Kier alpha value is -3.40. The SMILES string of the molecule is COc1ccc([C@@H]2[C@@H](CCCc3ccccc3)C(=O)N2C(=O)c2ccccc2)cc1. The highest BCUT2D eigenvalue weighted by Crippen LogP contribution is 2.44. The minimum atomic E-state index is -0.244. The van der Waals surface area contributed by atoms with Crippen molar-refractivity contribution in [3.63, 3.8) is 0 Å². The van der Waals surface area contributed by atoms with Gasteiger partial charge < -0.3 is 4.74 Å². The van der Waals surface area contributed by atoms with Gasteiger partial charge in [-0.3, -0.25) is 14.5 Å². The third-order valence-corrected chi connectivity index (χ3v) is 5.73. The summed E-state index contributed by atoms with van der Waals surface area (Å²) in [5, 5.41) is 0. The van der Waals surface area contributed by atoms with Crippen molar-refractivity contribution in [3.8, 4) is 5.75 Å². The van der Waals surface area contributed by atoms with Crippen molar-refractivity contribution in [2.75, 3.05) is 7.11 Å². The molecule has 152 valence electrons. The number of hydrogen-bond acceptors (Lipinski definition) is 3. The molecule has 3 aromatic carbocycles. The number of imide groups is 1. The van der Waals surface area contributed by atoms with Crippen LogP contribution < -0.4 is 4.74 Å². The van der Waals surface area contributed by atoms with Crippen LogP contribution in [0.3, 0.4) is 0 Å². The molecule has 1 aliphatic rings. The highest BCUT2D eigenvalue weighted by atomic mass is 16.5. The summed E-state index contributed by atoms with van der Waals surface area (Å²) in [5.41, 5.74) is 2.76. The summed E-state index contributed by atoms with van der Waals surface area (Å²) in [6, 6.07) is 26.7. The van der Waals surface area contributed by atoms with Gasteiger partial charge in [-0.15, -0.1) is 0 Å². The molecule has 0 aliphatic carbocycles. The Kier molecular flexibility index (Phi) is 5.94. The third kappa shape index (κ3) is 3.99. The number of methoxy groups -OCH3 is 1. The molecule has 0 saturated carbocycles. The zero-order valence-corrected chi connectivity index (χ0v) is 17.0. The first-order chi connectivity index (χ1) is 14.7. The van der Waals surface area contributed by atoms with Gasteiger partial charge in [0, 0.05) is 5.56 Å². The minimum absolute atomic E-state index is 0.0854. The average Bonchev–Trinajstić information content (AvgIpc) is 2.81. The number of carbonyl (C=O) groups is 2. The van der Waals surface area contributed by atoms with Gasteiger partial charge in [0.05, 0.1) is 19.1 Å². The zero-order chi connectivity index (χ0) is 20.9. The second-order valence-electron chi connectivity index (χ2n) is 7.58. The fraction of sp³-hybridized carbons (Fsp3) is 0.231. The molecule has 4 heteroatoms. The lowest BCUT2D eigenvalue weighted by Gasteiger charge is -2.46. The summed E-state index contributed by atoms with van der Waals surface area (Å²) >= 11 is 0.